The standard InChI is InChI=1S/C15H21ClN2O3/c1-11-10-13(16)5-6-14(11)21-9-3-4-15(20)18-8-7-17-12(2)19/h5-6,10H,3-4,7-9H2,1-2H3,(H,17,19)(H,18,20). The van der Waals surface area contributed by atoms with Gasteiger partial charge in [-0.2, -0.15) is 0 Å². The van der Waals surface area contributed by atoms with Gasteiger partial charge in [0.15, 0.2) is 0 Å². The van der Waals surface area contributed by atoms with Crippen molar-refractivity contribution >= 4 is 23.4 Å². The van der Waals surface area contributed by atoms with E-state index in [9.17, 15) is 9.59 Å². The number of carbonyl (C=O) groups excluding carboxylic acids is 2. The van der Waals surface area contributed by atoms with E-state index in [1.54, 1.807) is 6.07 Å². The minimum absolute atomic E-state index is 0.0446. The molecular weight excluding hydrogens is 292 g/mol. The summed E-state index contributed by atoms with van der Waals surface area (Å²) in [4.78, 5) is 22.1. The zero-order chi connectivity index (χ0) is 15.7. The minimum atomic E-state index is -0.101. The van der Waals surface area contributed by atoms with E-state index in [0.29, 0.717) is 37.6 Å². The molecular formula is C15H21ClN2O3. The van der Waals surface area contributed by atoms with Crippen LogP contribution in [0.4, 0.5) is 0 Å². The first kappa shape index (κ1) is 17.3. The van der Waals surface area contributed by atoms with Crippen molar-refractivity contribution in [3.63, 3.8) is 0 Å². The summed E-state index contributed by atoms with van der Waals surface area (Å²) in [6.07, 6.45) is 1.03. The number of rotatable bonds is 8. The van der Waals surface area contributed by atoms with Crippen LogP contribution in [0.3, 0.4) is 0 Å². The molecule has 1 aromatic rings. The fourth-order valence-electron chi connectivity index (χ4n) is 1.72. The largest absolute Gasteiger partial charge is 0.493 e. The Morgan fingerprint density at radius 3 is 2.62 bits per heavy atom. The molecule has 0 saturated heterocycles. The van der Waals surface area contributed by atoms with Crippen molar-refractivity contribution in [1.82, 2.24) is 10.6 Å². The summed E-state index contributed by atoms with van der Waals surface area (Å²) in [6, 6.07) is 5.44. The van der Waals surface area contributed by atoms with Crippen LogP contribution < -0.4 is 15.4 Å². The van der Waals surface area contributed by atoms with Gasteiger partial charge in [-0.1, -0.05) is 11.6 Å². The summed E-state index contributed by atoms with van der Waals surface area (Å²) in [6.45, 7) is 4.73. The molecule has 0 fully saturated rings. The lowest BCUT2D eigenvalue weighted by Crippen LogP contribution is -2.33. The number of aryl methyl sites for hydroxylation is 1. The quantitative estimate of drug-likeness (QED) is 0.722. The normalized spacial score (nSPS) is 10.0. The number of hydrogen-bond donors (Lipinski definition) is 2. The lowest BCUT2D eigenvalue weighted by atomic mass is 10.2. The maximum Gasteiger partial charge on any atom is 0.220 e. The van der Waals surface area contributed by atoms with Crippen LogP contribution in [0, 0.1) is 6.92 Å². The zero-order valence-electron chi connectivity index (χ0n) is 12.4. The van der Waals surface area contributed by atoms with Gasteiger partial charge in [0.25, 0.3) is 0 Å². The highest BCUT2D eigenvalue weighted by atomic mass is 35.5. The molecule has 2 N–H and O–H groups in total. The van der Waals surface area contributed by atoms with Gasteiger partial charge < -0.3 is 15.4 Å². The van der Waals surface area contributed by atoms with E-state index in [2.05, 4.69) is 10.6 Å². The van der Waals surface area contributed by atoms with Crippen molar-refractivity contribution in [2.45, 2.75) is 26.7 Å². The summed E-state index contributed by atoms with van der Waals surface area (Å²) in [5.41, 5.74) is 0.974. The summed E-state index contributed by atoms with van der Waals surface area (Å²) < 4.78 is 5.60. The highest BCUT2D eigenvalue weighted by Crippen LogP contribution is 2.21. The van der Waals surface area contributed by atoms with Crippen LogP contribution in [-0.2, 0) is 9.59 Å². The van der Waals surface area contributed by atoms with Gasteiger partial charge in [0.1, 0.15) is 5.75 Å². The number of hydrogen-bond acceptors (Lipinski definition) is 3. The Balaban J connectivity index is 2.13. The van der Waals surface area contributed by atoms with Crippen LogP contribution in [0.1, 0.15) is 25.3 Å². The Morgan fingerprint density at radius 2 is 1.95 bits per heavy atom. The van der Waals surface area contributed by atoms with Gasteiger partial charge in [-0.3, -0.25) is 9.59 Å². The molecule has 1 rings (SSSR count). The smallest absolute Gasteiger partial charge is 0.220 e. The van der Waals surface area contributed by atoms with Crippen molar-refractivity contribution in [2.24, 2.45) is 0 Å². The first-order valence-electron chi connectivity index (χ1n) is 6.89. The average molecular weight is 313 g/mol. The topological polar surface area (TPSA) is 67.4 Å². The van der Waals surface area contributed by atoms with Crippen LogP contribution in [-0.4, -0.2) is 31.5 Å². The average Bonchev–Trinajstić information content (AvgIpc) is 2.41. The van der Waals surface area contributed by atoms with Gasteiger partial charge in [0.05, 0.1) is 6.61 Å². The van der Waals surface area contributed by atoms with Crippen molar-refractivity contribution in [3.8, 4) is 5.75 Å². The lowest BCUT2D eigenvalue weighted by Gasteiger charge is -2.09. The van der Waals surface area contributed by atoms with Gasteiger partial charge in [-0.05, 0) is 37.1 Å². The molecule has 0 aliphatic rings. The van der Waals surface area contributed by atoms with E-state index in [4.69, 9.17) is 16.3 Å². The number of amides is 2. The highest BCUT2D eigenvalue weighted by Gasteiger charge is 2.03. The van der Waals surface area contributed by atoms with Crippen molar-refractivity contribution in [3.05, 3.63) is 28.8 Å². The third-order valence-corrected chi connectivity index (χ3v) is 3.00. The molecule has 0 aliphatic heterocycles. The molecule has 6 heteroatoms. The van der Waals surface area contributed by atoms with E-state index in [1.165, 1.54) is 6.92 Å². The molecule has 1 aromatic carbocycles. The minimum Gasteiger partial charge on any atom is -0.493 e. The molecule has 116 valence electrons. The second-order valence-electron chi connectivity index (χ2n) is 4.69. The zero-order valence-corrected chi connectivity index (χ0v) is 13.1. The summed E-state index contributed by atoms with van der Waals surface area (Å²) >= 11 is 5.87. The summed E-state index contributed by atoms with van der Waals surface area (Å²) in [7, 11) is 0. The van der Waals surface area contributed by atoms with Crippen LogP contribution in [0.2, 0.25) is 5.02 Å². The fraction of sp³-hybridized carbons (Fsp3) is 0.467. The van der Waals surface area contributed by atoms with E-state index in [0.717, 1.165) is 11.3 Å². The molecule has 2 amide bonds. The fourth-order valence-corrected chi connectivity index (χ4v) is 1.95. The Kier molecular flexibility index (Phi) is 7.61. The monoisotopic (exact) mass is 312 g/mol. The maximum absolute atomic E-state index is 11.5. The van der Waals surface area contributed by atoms with Crippen molar-refractivity contribution in [1.29, 1.82) is 0 Å². The number of benzene rings is 1. The van der Waals surface area contributed by atoms with Crippen LogP contribution >= 0.6 is 11.6 Å². The first-order valence-corrected chi connectivity index (χ1v) is 7.27. The number of carbonyl (C=O) groups is 2. The van der Waals surface area contributed by atoms with E-state index in [-0.39, 0.29) is 11.8 Å². The van der Waals surface area contributed by atoms with Gasteiger partial charge in [0, 0.05) is 31.5 Å². The van der Waals surface area contributed by atoms with Crippen LogP contribution in [0.15, 0.2) is 18.2 Å². The Labute approximate surface area is 130 Å². The van der Waals surface area contributed by atoms with Gasteiger partial charge >= 0.3 is 0 Å². The van der Waals surface area contributed by atoms with Gasteiger partial charge in [-0.15, -0.1) is 0 Å². The Morgan fingerprint density at radius 1 is 1.24 bits per heavy atom. The SMILES string of the molecule is CC(=O)NCCNC(=O)CCCOc1ccc(Cl)cc1C. The molecule has 0 spiro atoms. The molecule has 0 aromatic heterocycles. The third-order valence-electron chi connectivity index (χ3n) is 2.76. The van der Waals surface area contributed by atoms with E-state index >= 15 is 0 Å². The molecule has 0 unspecified atom stereocenters. The number of halogens is 1. The second-order valence-corrected chi connectivity index (χ2v) is 5.13. The molecule has 0 aliphatic carbocycles. The molecule has 21 heavy (non-hydrogen) atoms. The van der Waals surface area contributed by atoms with Crippen LogP contribution in [0.5, 0.6) is 5.75 Å². The number of ether oxygens (including phenoxy) is 1. The number of nitrogens with one attached hydrogen (secondary N) is 2. The molecule has 0 saturated carbocycles. The summed E-state index contributed by atoms with van der Waals surface area (Å²) in [5.74, 6) is 0.637. The van der Waals surface area contributed by atoms with Crippen LogP contribution in [0.25, 0.3) is 0 Å². The van der Waals surface area contributed by atoms with Gasteiger partial charge in [0.2, 0.25) is 11.8 Å². The predicted octanol–water partition coefficient (Wildman–Crippen LogP) is 2.06. The van der Waals surface area contributed by atoms with Crippen molar-refractivity contribution in [2.75, 3.05) is 19.7 Å². The van der Waals surface area contributed by atoms with E-state index in [1.807, 2.05) is 19.1 Å². The molecule has 0 radical (unpaired) electrons. The molecule has 5 nitrogen and oxygen atoms in total. The first-order chi connectivity index (χ1) is 9.99. The lowest BCUT2D eigenvalue weighted by molar-refractivity contribution is -0.122. The second kappa shape index (κ2) is 9.23. The molecule has 0 bridgehead atoms. The van der Waals surface area contributed by atoms with E-state index < -0.39 is 0 Å². The molecule has 0 heterocycles. The predicted molar refractivity (Wildman–Crippen MR) is 82.6 cm³/mol. The maximum atomic E-state index is 11.5. The Hall–Kier alpha value is -1.75. The molecule has 0 atom stereocenters. The highest BCUT2D eigenvalue weighted by molar-refractivity contribution is 6.30. The summed E-state index contributed by atoms with van der Waals surface area (Å²) in [5, 5.41) is 6.02. The third kappa shape index (κ3) is 7.56. The van der Waals surface area contributed by atoms with Crippen molar-refractivity contribution < 1.29 is 14.3 Å². The van der Waals surface area contributed by atoms with Gasteiger partial charge in [-0.25, -0.2) is 0 Å². The Bertz CT molecular complexity index is 492.